The summed E-state index contributed by atoms with van der Waals surface area (Å²) in [6.45, 7) is 5.29. The van der Waals surface area contributed by atoms with Crippen LogP contribution in [0, 0.1) is 6.92 Å². The van der Waals surface area contributed by atoms with Crippen LogP contribution in [-0.4, -0.2) is 49.1 Å². The molecule has 1 aromatic heterocycles. The van der Waals surface area contributed by atoms with Gasteiger partial charge in [-0.3, -0.25) is 0 Å². The zero-order valence-corrected chi connectivity index (χ0v) is 18.4. The van der Waals surface area contributed by atoms with Crippen LogP contribution in [0.3, 0.4) is 0 Å². The lowest BCUT2D eigenvalue weighted by Crippen LogP contribution is -2.49. The van der Waals surface area contributed by atoms with E-state index in [0.717, 1.165) is 23.6 Å². The molecule has 1 fully saturated rings. The van der Waals surface area contributed by atoms with E-state index in [1.54, 1.807) is 16.4 Å². The van der Waals surface area contributed by atoms with Crippen molar-refractivity contribution in [2.45, 2.75) is 24.9 Å². The Kier molecular flexibility index (Phi) is 6.60. The minimum absolute atomic E-state index is 0.385. The van der Waals surface area contributed by atoms with Gasteiger partial charge in [-0.15, -0.1) is 5.10 Å². The number of hydrogen-bond donors (Lipinski definition) is 1. The van der Waals surface area contributed by atoms with E-state index in [1.165, 1.54) is 5.56 Å². The van der Waals surface area contributed by atoms with Crippen LogP contribution in [0.5, 0.6) is 0 Å². The SMILES string of the molecule is Cc1ccccc1S(=O)(=O)N1CCN(c2ccc(CNCc3ccccc3)nn2)CC1. The summed E-state index contributed by atoms with van der Waals surface area (Å²) < 4.78 is 27.5. The Bertz CT molecular complexity index is 1100. The summed E-state index contributed by atoms with van der Waals surface area (Å²) >= 11 is 0. The Labute approximate surface area is 183 Å². The van der Waals surface area contributed by atoms with Crippen molar-refractivity contribution in [3.63, 3.8) is 0 Å². The standard InChI is InChI=1S/C23H27N5O2S/c1-19-7-5-6-10-22(19)31(29,30)28-15-13-27(14-16-28)23-12-11-21(25-26-23)18-24-17-20-8-3-2-4-9-20/h2-12,24H,13-18H2,1H3. The smallest absolute Gasteiger partial charge is 0.243 e. The molecular weight excluding hydrogens is 410 g/mol. The van der Waals surface area contributed by atoms with Gasteiger partial charge < -0.3 is 10.2 Å². The number of piperazine rings is 1. The van der Waals surface area contributed by atoms with Gasteiger partial charge in [0.1, 0.15) is 0 Å². The number of nitrogens with one attached hydrogen (secondary N) is 1. The van der Waals surface area contributed by atoms with E-state index in [0.29, 0.717) is 37.6 Å². The molecule has 2 heterocycles. The molecule has 0 spiro atoms. The predicted molar refractivity (Wildman–Crippen MR) is 121 cm³/mol. The lowest BCUT2D eigenvalue weighted by atomic mass is 10.2. The molecule has 0 atom stereocenters. The van der Waals surface area contributed by atoms with Crippen molar-refractivity contribution in [3.05, 3.63) is 83.6 Å². The van der Waals surface area contributed by atoms with Crippen LogP contribution in [0.25, 0.3) is 0 Å². The van der Waals surface area contributed by atoms with Crippen molar-refractivity contribution in [1.29, 1.82) is 0 Å². The van der Waals surface area contributed by atoms with E-state index >= 15 is 0 Å². The molecule has 0 bridgehead atoms. The third kappa shape index (κ3) is 5.10. The van der Waals surface area contributed by atoms with E-state index in [-0.39, 0.29) is 0 Å². The van der Waals surface area contributed by atoms with E-state index in [1.807, 2.05) is 49.4 Å². The number of anilines is 1. The van der Waals surface area contributed by atoms with Gasteiger partial charge in [0, 0.05) is 39.3 Å². The van der Waals surface area contributed by atoms with Crippen LogP contribution in [-0.2, 0) is 23.1 Å². The number of aryl methyl sites for hydroxylation is 1. The molecule has 0 saturated carbocycles. The van der Waals surface area contributed by atoms with Gasteiger partial charge in [-0.2, -0.15) is 9.40 Å². The molecule has 1 aliphatic heterocycles. The van der Waals surface area contributed by atoms with Gasteiger partial charge in [0.2, 0.25) is 10.0 Å². The molecule has 1 saturated heterocycles. The van der Waals surface area contributed by atoms with E-state index in [2.05, 4.69) is 32.5 Å². The highest BCUT2D eigenvalue weighted by molar-refractivity contribution is 7.89. The Morgan fingerprint density at radius 2 is 1.55 bits per heavy atom. The second-order valence-corrected chi connectivity index (χ2v) is 9.54. The van der Waals surface area contributed by atoms with Gasteiger partial charge in [0.15, 0.2) is 5.82 Å². The minimum Gasteiger partial charge on any atom is -0.352 e. The van der Waals surface area contributed by atoms with Crippen LogP contribution < -0.4 is 10.2 Å². The molecule has 0 radical (unpaired) electrons. The topological polar surface area (TPSA) is 78.4 Å². The largest absolute Gasteiger partial charge is 0.352 e. The highest BCUT2D eigenvalue weighted by atomic mass is 32.2. The first-order valence-electron chi connectivity index (χ1n) is 10.4. The average molecular weight is 438 g/mol. The average Bonchev–Trinajstić information content (AvgIpc) is 2.80. The molecule has 31 heavy (non-hydrogen) atoms. The Morgan fingerprint density at radius 1 is 0.839 bits per heavy atom. The molecule has 4 rings (SSSR count). The van der Waals surface area contributed by atoms with Gasteiger partial charge in [-0.05, 0) is 36.2 Å². The van der Waals surface area contributed by atoms with E-state index in [9.17, 15) is 8.42 Å². The monoisotopic (exact) mass is 437 g/mol. The van der Waals surface area contributed by atoms with Crippen LogP contribution in [0.1, 0.15) is 16.8 Å². The van der Waals surface area contributed by atoms with Crippen molar-refractivity contribution in [1.82, 2.24) is 19.8 Å². The quantitative estimate of drug-likeness (QED) is 0.612. The molecule has 1 aliphatic rings. The number of aromatic nitrogens is 2. The Hall–Kier alpha value is -2.81. The fourth-order valence-electron chi connectivity index (χ4n) is 3.69. The van der Waals surface area contributed by atoms with Gasteiger partial charge in [-0.25, -0.2) is 8.42 Å². The number of rotatable bonds is 7. The van der Waals surface area contributed by atoms with Crippen molar-refractivity contribution in [2.75, 3.05) is 31.1 Å². The van der Waals surface area contributed by atoms with Crippen LogP contribution >= 0.6 is 0 Å². The normalized spacial score (nSPS) is 15.2. The zero-order valence-electron chi connectivity index (χ0n) is 17.6. The van der Waals surface area contributed by atoms with Crippen LogP contribution in [0.2, 0.25) is 0 Å². The number of nitrogens with zero attached hydrogens (tertiary/aromatic N) is 4. The van der Waals surface area contributed by atoms with Gasteiger partial charge in [0.05, 0.1) is 10.6 Å². The first-order valence-corrected chi connectivity index (χ1v) is 11.9. The highest BCUT2D eigenvalue weighted by Gasteiger charge is 2.29. The summed E-state index contributed by atoms with van der Waals surface area (Å²) in [5.74, 6) is 0.778. The minimum atomic E-state index is -3.48. The maximum atomic E-state index is 13.0. The molecule has 7 nitrogen and oxygen atoms in total. The van der Waals surface area contributed by atoms with Crippen LogP contribution in [0.15, 0.2) is 71.6 Å². The molecular formula is C23H27N5O2S. The Balaban J connectivity index is 1.31. The number of hydrogen-bond acceptors (Lipinski definition) is 6. The first kappa shape index (κ1) is 21.4. The van der Waals surface area contributed by atoms with Crippen LogP contribution in [0.4, 0.5) is 5.82 Å². The lowest BCUT2D eigenvalue weighted by Gasteiger charge is -2.34. The van der Waals surface area contributed by atoms with E-state index in [4.69, 9.17) is 0 Å². The second kappa shape index (κ2) is 9.55. The fraction of sp³-hybridized carbons (Fsp3) is 0.304. The van der Waals surface area contributed by atoms with Gasteiger partial charge in [0.25, 0.3) is 0 Å². The Morgan fingerprint density at radius 3 is 2.23 bits per heavy atom. The summed E-state index contributed by atoms with van der Waals surface area (Å²) in [6, 6.07) is 21.3. The van der Waals surface area contributed by atoms with Crippen molar-refractivity contribution in [2.24, 2.45) is 0 Å². The maximum Gasteiger partial charge on any atom is 0.243 e. The number of sulfonamides is 1. The van der Waals surface area contributed by atoms with E-state index < -0.39 is 10.0 Å². The molecule has 162 valence electrons. The third-order valence-electron chi connectivity index (χ3n) is 5.46. The summed E-state index contributed by atoms with van der Waals surface area (Å²) in [7, 11) is -3.48. The molecule has 2 aromatic carbocycles. The highest BCUT2D eigenvalue weighted by Crippen LogP contribution is 2.22. The van der Waals surface area contributed by atoms with Crippen molar-refractivity contribution < 1.29 is 8.42 Å². The summed E-state index contributed by atoms with van der Waals surface area (Å²) in [5, 5.41) is 12.1. The summed E-state index contributed by atoms with van der Waals surface area (Å²) in [5.41, 5.74) is 2.87. The lowest BCUT2D eigenvalue weighted by molar-refractivity contribution is 0.383. The zero-order chi connectivity index (χ0) is 21.7. The fourth-order valence-corrected chi connectivity index (χ4v) is 5.34. The molecule has 3 aromatic rings. The molecule has 1 N–H and O–H groups in total. The third-order valence-corrected chi connectivity index (χ3v) is 7.52. The van der Waals surface area contributed by atoms with Gasteiger partial charge >= 0.3 is 0 Å². The van der Waals surface area contributed by atoms with Gasteiger partial charge in [-0.1, -0.05) is 48.5 Å². The summed E-state index contributed by atoms with van der Waals surface area (Å²) in [6.07, 6.45) is 0. The predicted octanol–water partition coefficient (Wildman–Crippen LogP) is 2.59. The summed E-state index contributed by atoms with van der Waals surface area (Å²) in [4.78, 5) is 2.47. The molecule has 0 amide bonds. The molecule has 0 aliphatic carbocycles. The maximum absolute atomic E-state index is 13.0. The molecule has 8 heteroatoms. The van der Waals surface area contributed by atoms with Crippen molar-refractivity contribution >= 4 is 15.8 Å². The second-order valence-electron chi connectivity index (χ2n) is 7.63. The number of benzene rings is 2. The first-order chi connectivity index (χ1) is 15.0. The molecule has 0 unspecified atom stereocenters. The van der Waals surface area contributed by atoms with Crippen molar-refractivity contribution in [3.8, 4) is 0 Å².